The molecule has 16 heavy (non-hydrogen) atoms. The zero-order valence-corrected chi connectivity index (χ0v) is 11.0. The van der Waals surface area contributed by atoms with Crippen LogP contribution >= 0.6 is 0 Å². The van der Waals surface area contributed by atoms with Crippen LogP contribution in [-0.4, -0.2) is 11.1 Å². The van der Waals surface area contributed by atoms with Gasteiger partial charge >= 0.3 is 0 Å². The van der Waals surface area contributed by atoms with Crippen LogP contribution in [0.5, 0.6) is 0 Å². The molecule has 1 atom stereocenters. The van der Waals surface area contributed by atoms with E-state index < -0.39 is 0 Å². The van der Waals surface area contributed by atoms with Crippen LogP contribution in [-0.2, 0) is 13.6 Å². The molecule has 0 saturated heterocycles. The minimum atomic E-state index is 0.852. The molecule has 1 fully saturated rings. The standard InChI is InChI=1S/C14H24N2/c1-10(13-5-6-13)8-15-9-14-7-11(2)16(4)12(14)3/h7,10,13,15H,5-6,8-9H2,1-4H3. The Bertz CT molecular complexity index is 361. The molecular formula is C14H24N2. The summed E-state index contributed by atoms with van der Waals surface area (Å²) in [5, 5.41) is 3.59. The molecule has 0 aromatic carbocycles. The van der Waals surface area contributed by atoms with Crippen molar-refractivity contribution in [1.29, 1.82) is 0 Å². The van der Waals surface area contributed by atoms with Gasteiger partial charge in [0.1, 0.15) is 0 Å². The summed E-state index contributed by atoms with van der Waals surface area (Å²) in [6, 6.07) is 2.30. The second-order valence-corrected chi connectivity index (χ2v) is 5.40. The lowest BCUT2D eigenvalue weighted by Gasteiger charge is -2.11. The van der Waals surface area contributed by atoms with E-state index in [-0.39, 0.29) is 0 Å². The number of nitrogens with zero attached hydrogens (tertiary/aromatic N) is 1. The SMILES string of the molecule is Cc1cc(CNCC(C)C2CC2)c(C)n1C. The van der Waals surface area contributed by atoms with Crippen LogP contribution < -0.4 is 5.32 Å². The Morgan fingerprint density at radius 2 is 2.12 bits per heavy atom. The van der Waals surface area contributed by atoms with E-state index in [1.165, 1.54) is 29.8 Å². The van der Waals surface area contributed by atoms with Crippen LogP contribution in [0.25, 0.3) is 0 Å². The summed E-state index contributed by atoms with van der Waals surface area (Å²) < 4.78 is 2.27. The van der Waals surface area contributed by atoms with Crippen LogP contribution in [0.1, 0.15) is 36.7 Å². The third-order valence-corrected chi connectivity index (χ3v) is 4.09. The highest BCUT2D eigenvalue weighted by atomic mass is 15.0. The molecule has 1 aliphatic rings. The van der Waals surface area contributed by atoms with E-state index in [1.54, 1.807) is 0 Å². The molecule has 1 aromatic heterocycles. The fourth-order valence-electron chi connectivity index (χ4n) is 2.38. The van der Waals surface area contributed by atoms with Crippen LogP contribution in [0.15, 0.2) is 6.07 Å². The molecule has 90 valence electrons. The van der Waals surface area contributed by atoms with Crippen molar-refractivity contribution in [1.82, 2.24) is 9.88 Å². The molecule has 0 radical (unpaired) electrons. The lowest BCUT2D eigenvalue weighted by molar-refractivity contribution is 0.461. The summed E-state index contributed by atoms with van der Waals surface area (Å²) in [6.45, 7) is 8.92. The number of hydrogen-bond acceptors (Lipinski definition) is 1. The van der Waals surface area contributed by atoms with Gasteiger partial charge in [0.05, 0.1) is 0 Å². The zero-order valence-electron chi connectivity index (χ0n) is 11.0. The largest absolute Gasteiger partial charge is 0.352 e. The number of nitrogens with one attached hydrogen (secondary N) is 1. The van der Waals surface area contributed by atoms with Crippen molar-refractivity contribution in [3.8, 4) is 0 Å². The molecule has 1 aliphatic carbocycles. The summed E-state index contributed by atoms with van der Waals surface area (Å²) in [5.74, 6) is 1.86. The molecule has 1 saturated carbocycles. The minimum absolute atomic E-state index is 0.852. The second-order valence-electron chi connectivity index (χ2n) is 5.40. The third kappa shape index (κ3) is 2.49. The Balaban J connectivity index is 1.82. The summed E-state index contributed by atoms with van der Waals surface area (Å²) in [6.07, 6.45) is 2.90. The van der Waals surface area contributed by atoms with Gasteiger partial charge < -0.3 is 9.88 Å². The molecule has 1 N–H and O–H groups in total. The summed E-state index contributed by atoms with van der Waals surface area (Å²) >= 11 is 0. The van der Waals surface area contributed by atoms with Crippen molar-refractivity contribution in [3.63, 3.8) is 0 Å². The quantitative estimate of drug-likeness (QED) is 0.807. The molecule has 1 unspecified atom stereocenters. The van der Waals surface area contributed by atoms with E-state index in [2.05, 4.69) is 43.8 Å². The zero-order chi connectivity index (χ0) is 11.7. The van der Waals surface area contributed by atoms with Crippen LogP contribution in [0, 0.1) is 25.7 Å². The Labute approximate surface area is 99.0 Å². The molecule has 2 nitrogen and oxygen atoms in total. The average molecular weight is 220 g/mol. The van der Waals surface area contributed by atoms with Gasteiger partial charge in [-0.25, -0.2) is 0 Å². The van der Waals surface area contributed by atoms with Crippen molar-refractivity contribution in [2.24, 2.45) is 18.9 Å². The number of hydrogen-bond donors (Lipinski definition) is 1. The van der Waals surface area contributed by atoms with Gasteiger partial charge in [0.15, 0.2) is 0 Å². The lowest BCUT2D eigenvalue weighted by Crippen LogP contribution is -2.22. The monoisotopic (exact) mass is 220 g/mol. The third-order valence-electron chi connectivity index (χ3n) is 4.09. The lowest BCUT2D eigenvalue weighted by atomic mass is 10.1. The second kappa shape index (κ2) is 4.62. The van der Waals surface area contributed by atoms with Crippen molar-refractivity contribution >= 4 is 0 Å². The molecule has 2 heteroatoms. The van der Waals surface area contributed by atoms with Gasteiger partial charge in [-0.15, -0.1) is 0 Å². The fraction of sp³-hybridized carbons (Fsp3) is 0.714. The fourth-order valence-corrected chi connectivity index (χ4v) is 2.38. The van der Waals surface area contributed by atoms with E-state index in [1.807, 2.05) is 0 Å². The molecule has 2 rings (SSSR count). The van der Waals surface area contributed by atoms with Crippen LogP contribution in [0.2, 0.25) is 0 Å². The first-order valence-electron chi connectivity index (χ1n) is 6.42. The van der Waals surface area contributed by atoms with Gasteiger partial charge in [0, 0.05) is 25.0 Å². The normalized spacial score (nSPS) is 17.8. The maximum atomic E-state index is 3.59. The maximum Gasteiger partial charge on any atom is 0.0223 e. The first-order chi connectivity index (χ1) is 7.59. The van der Waals surface area contributed by atoms with Gasteiger partial charge in [-0.05, 0) is 56.7 Å². The minimum Gasteiger partial charge on any atom is -0.352 e. The van der Waals surface area contributed by atoms with E-state index >= 15 is 0 Å². The maximum absolute atomic E-state index is 3.59. The van der Waals surface area contributed by atoms with Crippen LogP contribution in [0.4, 0.5) is 0 Å². The van der Waals surface area contributed by atoms with E-state index in [0.717, 1.165) is 24.9 Å². The highest BCUT2D eigenvalue weighted by Crippen LogP contribution is 2.36. The molecule has 0 spiro atoms. The van der Waals surface area contributed by atoms with Gasteiger partial charge in [0.25, 0.3) is 0 Å². The van der Waals surface area contributed by atoms with Gasteiger partial charge in [-0.1, -0.05) is 6.92 Å². The number of aromatic nitrogens is 1. The van der Waals surface area contributed by atoms with Gasteiger partial charge in [0.2, 0.25) is 0 Å². The number of rotatable bonds is 5. The smallest absolute Gasteiger partial charge is 0.0223 e. The summed E-state index contributed by atoms with van der Waals surface area (Å²) in [4.78, 5) is 0. The molecule has 1 heterocycles. The Kier molecular flexibility index (Phi) is 3.38. The Morgan fingerprint density at radius 3 is 2.62 bits per heavy atom. The predicted octanol–water partition coefficient (Wildman–Crippen LogP) is 2.78. The van der Waals surface area contributed by atoms with Gasteiger partial charge in [-0.2, -0.15) is 0 Å². The molecule has 0 aliphatic heterocycles. The molecular weight excluding hydrogens is 196 g/mol. The van der Waals surface area contributed by atoms with E-state index in [9.17, 15) is 0 Å². The summed E-state index contributed by atoms with van der Waals surface area (Å²) in [7, 11) is 2.14. The topological polar surface area (TPSA) is 17.0 Å². The van der Waals surface area contributed by atoms with Crippen LogP contribution in [0.3, 0.4) is 0 Å². The first-order valence-corrected chi connectivity index (χ1v) is 6.42. The number of aryl methyl sites for hydroxylation is 1. The first kappa shape index (κ1) is 11.7. The van der Waals surface area contributed by atoms with Crippen molar-refractivity contribution in [2.75, 3.05) is 6.54 Å². The van der Waals surface area contributed by atoms with E-state index in [4.69, 9.17) is 0 Å². The van der Waals surface area contributed by atoms with Gasteiger partial charge in [-0.3, -0.25) is 0 Å². The Hall–Kier alpha value is -0.760. The van der Waals surface area contributed by atoms with Crippen molar-refractivity contribution < 1.29 is 0 Å². The van der Waals surface area contributed by atoms with Crippen molar-refractivity contribution in [2.45, 2.75) is 40.2 Å². The molecule has 0 bridgehead atoms. The average Bonchev–Trinajstić information content (AvgIpc) is 3.05. The Morgan fingerprint density at radius 1 is 1.44 bits per heavy atom. The highest BCUT2D eigenvalue weighted by Gasteiger charge is 2.27. The molecule has 1 aromatic rings. The molecule has 0 amide bonds. The summed E-state index contributed by atoms with van der Waals surface area (Å²) in [5.41, 5.74) is 4.19. The predicted molar refractivity (Wildman–Crippen MR) is 68.5 cm³/mol. The van der Waals surface area contributed by atoms with Crippen molar-refractivity contribution in [3.05, 3.63) is 23.0 Å². The van der Waals surface area contributed by atoms with E-state index in [0.29, 0.717) is 0 Å². The highest BCUT2D eigenvalue weighted by molar-refractivity contribution is 5.26.